The zero-order valence-corrected chi connectivity index (χ0v) is 12.3. The molecule has 1 rings (SSSR count). The Bertz CT molecular complexity index is 499. The molecule has 104 valence electrons. The first-order chi connectivity index (χ1) is 8.67. The number of amidine groups is 1. The van der Waals surface area contributed by atoms with Gasteiger partial charge in [-0.05, 0) is 45.7 Å². The van der Waals surface area contributed by atoms with Gasteiger partial charge in [-0.1, -0.05) is 23.8 Å². The van der Waals surface area contributed by atoms with Gasteiger partial charge >= 0.3 is 6.09 Å². The van der Waals surface area contributed by atoms with Crippen molar-refractivity contribution in [1.29, 1.82) is 0 Å². The van der Waals surface area contributed by atoms with Crippen molar-refractivity contribution in [3.63, 3.8) is 0 Å². The van der Waals surface area contributed by atoms with Crippen LogP contribution in [0.15, 0.2) is 23.2 Å². The molecule has 0 heterocycles. The van der Waals surface area contributed by atoms with Crippen molar-refractivity contribution in [1.82, 2.24) is 0 Å². The summed E-state index contributed by atoms with van der Waals surface area (Å²) in [7, 11) is 0. The lowest BCUT2D eigenvalue weighted by Crippen LogP contribution is -2.24. The van der Waals surface area contributed by atoms with E-state index in [4.69, 9.17) is 10.5 Å². The number of carbonyl (C=O) groups excluding carboxylic acids is 1. The standard InChI is InChI=1S/C15H22N2O2/c1-10-6-7-12(11(2)8-10)9-13(16)17-14(18)19-15(3,4)5/h6-8H,9H2,1-5H3,(H2,16,17,18). The van der Waals surface area contributed by atoms with Gasteiger partial charge in [-0.15, -0.1) is 0 Å². The normalized spacial score (nSPS) is 12.4. The minimum atomic E-state index is -0.644. The summed E-state index contributed by atoms with van der Waals surface area (Å²) in [5.74, 6) is 0.265. The lowest BCUT2D eigenvalue weighted by Gasteiger charge is -2.17. The molecule has 0 spiro atoms. The van der Waals surface area contributed by atoms with Crippen molar-refractivity contribution in [3.05, 3.63) is 34.9 Å². The second-order valence-corrected chi connectivity index (χ2v) is 5.69. The maximum absolute atomic E-state index is 11.5. The molecule has 19 heavy (non-hydrogen) atoms. The molecule has 0 atom stereocenters. The van der Waals surface area contributed by atoms with Gasteiger partial charge in [0.15, 0.2) is 0 Å². The van der Waals surface area contributed by atoms with Crippen molar-refractivity contribution in [2.45, 2.75) is 46.6 Å². The van der Waals surface area contributed by atoms with Gasteiger partial charge in [0.2, 0.25) is 0 Å². The highest BCUT2D eigenvalue weighted by molar-refractivity contribution is 5.92. The molecule has 4 nitrogen and oxygen atoms in total. The smallest absolute Gasteiger partial charge is 0.435 e. The van der Waals surface area contributed by atoms with Gasteiger partial charge in [0.05, 0.1) is 0 Å². The Morgan fingerprint density at radius 3 is 2.47 bits per heavy atom. The van der Waals surface area contributed by atoms with E-state index in [1.807, 2.05) is 26.0 Å². The summed E-state index contributed by atoms with van der Waals surface area (Å²) in [5.41, 5.74) is 8.63. The van der Waals surface area contributed by atoms with E-state index >= 15 is 0 Å². The van der Waals surface area contributed by atoms with Crippen LogP contribution in [-0.2, 0) is 11.2 Å². The molecule has 1 amide bonds. The minimum Gasteiger partial charge on any atom is -0.442 e. The molecule has 2 N–H and O–H groups in total. The highest BCUT2D eigenvalue weighted by Crippen LogP contribution is 2.12. The van der Waals surface area contributed by atoms with Crippen molar-refractivity contribution in [2.75, 3.05) is 0 Å². The van der Waals surface area contributed by atoms with Crippen LogP contribution in [0.25, 0.3) is 0 Å². The zero-order chi connectivity index (χ0) is 14.6. The van der Waals surface area contributed by atoms with Crippen LogP contribution in [0.5, 0.6) is 0 Å². The highest BCUT2D eigenvalue weighted by atomic mass is 16.6. The molecule has 1 aromatic rings. The molecular formula is C15H22N2O2. The van der Waals surface area contributed by atoms with E-state index in [2.05, 4.69) is 11.1 Å². The molecule has 0 radical (unpaired) electrons. The van der Waals surface area contributed by atoms with Crippen LogP contribution in [0.1, 0.15) is 37.5 Å². The average Bonchev–Trinajstić information content (AvgIpc) is 2.19. The number of benzene rings is 1. The summed E-state index contributed by atoms with van der Waals surface area (Å²) in [4.78, 5) is 15.3. The summed E-state index contributed by atoms with van der Waals surface area (Å²) in [5, 5.41) is 0. The maximum Gasteiger partial charge on any atom is 0.435 e. The van der Waals surface area contributed by atoms with Crippen molar-refractivity contribution in [2.24, 2.45) is 10.7 Å². The number of nitrogens with two attached hydrogens (primary N) is 1. The molecule has 0 aliphatic carbocycles. The fraction of sp³-hybridized carbons (Fsp3) is 0.467. The Hall–Kier alpha value is -1.84. The number of ether oxygens (including phenoxy) is 1. The Balaban J connectivity index is 2.73. The number of rotatable bonds is 2. The van der Waals surface area contributed by atoms with Crippen LogP contribution in [0.3, 0.4) is 0 Å². The lowest BCUT2D eigenvalue weighted by atomic mass is 10.0. The topological polar surface area (TPSA) is 64.7 Å². The molecule has 0 saturated heterocycles. The van der Waals surface area contributed by atoms with Crippen molar-refractivity contribution < 1.29 is 9.53 Å². The molecule has 4 heteroatoms. The largest absolute Gasteiger partial charge is 0.442 e. The number of hydrogen-bond donors (Lipinski definition) is 1. The Morgan fingerprint density at radius 2 is 1.95 bits per heavy atom. The van der Waals surface area contributed by atoms with Gasteiger partial charge in [-0.2, -0.15) is 4.99 Å². The van der Waals surface area contributed by atoms with Crippen LogP contribution >= 0.6 is 0 Å². The first kappa shape index (κ1) is 15.2. The third-order valence-electron chi connectivity index (χ3n) is 2.50. The number of carbonyl (C=O) groups is 1. The monoisotopic (exact) mass is 262 g/mol. The number of aryl methyl sites for hydroxylation is 2. The molecule has 1 aromatic carbocycles. The van der Waals surface area contributed by atoms with Crippen molar-refractivity contribution in [3.8, 4) is 0 Å². The van der Waals surface area contributed by atoms with Crippen LogP contribution in [0.2, 0.25) is 0 Å². The molecule has 0 saturated carbocycles. The summed E-state index contributed by atoms with van der Waals surface area (Å²) in [6.45, 7) is 9.43. The molecular weight excluding hydrogens is 240 g/mol. The van der Waals surface area contributed by atoms with E-state index in [-0.39, 0.29) is 5.84 Å². The Labute approximate surface area is 114 Å². The van der Waals surface area contributed by atoms with E-state index in [9.17, 15) is 4.79 Å². The van der Waals surface area contributed by atoms with Crippen molar-refractivity contribution >= 4 is 11.9 Å². The predicted octanol–water partition coefficient (Wildman–Crippen LogP) is 3.14. The zero-order valence-electron chi connectivity index (χ0n) is 12.3. The minimum absolute atomic E-state index is 0.265. The first-order valence-electron chi connectivity index (χ1n) is 6.29. The van der Waals surface area contributed by atoms with Crippen LogP contribution in [-0.4, -0.2) is 17.5 Å². The third kappa shape index (κ3) is 5.55. The van der Waals surface area contributed by atoms with Gasteiger partial charge in [0, 0.05) is 6.42 Å². The van der Waals surface area contributed by atoms with Crippen LogP contribution < -0.4 is 5.73 Å². The quantitative estimate of drug-likeness (QED) is 0.657. The predicted molar refractivity (Wildman–Crippen MR) is 77.5 cm³/mol. The third-order valence-corrected chi connectivity index (χ3v) is 2.50. The van der Waals surface area contributed by atoms with Gasteiger partial charge in [0.25, 0.3) is 0 Å². The Morgan fingerprint density at radius 1 is 1.32 bits per heavy atom. The average molecular weight is 262 g/mol. The van der Waals surface area contributed by atoms with E-state index < -0.39 is 11.7 Å². The van der Waals surface area contributed by atoms with Crippen LogP contribution in [0, 0.1) is 13.8 Å². The number of nitrogens with zero attached hydrogens (tertiary/aromatic N) is 1. The van der Waals surface area contributed by atoms with E-state index in [0.29, 0.717) is 6.42 Å². The lowest BCUT2D eigenvalue weighted by molar-refractivity contribution is 0.0604. The second-order valence-electron chi connectivity index (χ2n) is 5.69. The summed E-state index contributed by atoms with van der Waals surface area (Å²) >= 11 is 0. The first-order valence-corrected chi connectivity index (χ1v) is 6.29. The van der Waals surface area contributed by atoms with Gasteiger partial charge < -0.3 is 10.5 Å². The molecule has 0 fully saturated rings. The number of hydrogen-bond acceptors (Lipinski definition) is 2. The van der Waals surface area contributed by atoms with Gasteiger partial charge in [0.1, 0.15) is 11.4 Å². The molecule has 0 unspecified atom stereocenters. The summed E-state index contributed by atoms with van der Waals surface area (Å²) < 4.78 is 5.09. The second kappa shape index (κ2) is 5.87. The summed E-state index contributed by atoms with van der Waals surface area (Å²) in [6, 6.07) is 6.10. The molecule has 0 aliphatic rings. The fourth-order valence-electron chi connectivity index (χ4n) is 1.68. The highest BCUT2D eigenvalue weighted by Gasteiger charge is 2.16. The Kier molecular flexibility index (Phi) is 4.70. The SMILES string of the molecule is Cc1ccc(C/C(N)=N/C(=O)OC(C)(C)C)c(C)c1. The summed E-state index contributed by atoms with van der Waals surface area (Å²) in [6.07, 6.45) is -0.194. The molecule has 0 aliphatic heterocycles. The number of aliphatic imine (C=N–C) groups is 1. The van der Waals surface area contributed by atoms with E-state index in [1.54, 1.807) is 20.8 Å². The van der Waals surface area contributed by atoms with Gasteiger partial charge in [-0.3, -0.25) is 0 Å². The number of amides is 1. The maximum atomic E-state index is 11.5. The fourth-order valence-corrected chi connectivity index (χ4v) is 1.68. The van der Waals surface area contributed by atoms with Crippen LogP contribution in [0.4, 0.5) is 4.79 Å². The van der Waals surface area contributed by atoms with E-state index in [1.165, 1.54) is 5.56 Å². The molecule has 0 aromatic heterocycles. The molecule has 0 bridgehead atoms. The van der Waals surface area contributed by atoms with E-state index in [0.717, 1.165) is 11.1 Å². The van der Waals surface area contributed by atoms with Gasteiger partial charge in [-0.25, -0.2) is 4.79 Å².